The fourth-order valence-corrected chi connectivity index (χ4v) is 4.10. The molecule has 4 nitrogen and oxygen atoms in total. The van der Waals surface area contributed by atoms with Gasteiger partial charge in [0.15, 0.2) is 0 Å². The van der Waals surface area contributed by atoms with E-state index >= 15 is 0 Å². The van der Waals surface area contributed by atoms with Crippen LogP contribution < -0.4 is 0 Å². The second-order valence-corrected chi connectivity index (χ2v) is 6.48. The zero-order valence-corrected chi connectivity index (χ0v) is 10.7. The molecule has 3 unspecified atom stereocenters. The van der Waals surface area contributed by atoms with E-state index in [1.807, 2.05) is 0 Å². The maximum atomic E-state index is 11.0. The number of likely N-dealkylation sites (N-methyl/N-ethyl adjacent to an activating group) is 1. The highest BCUT2D eigenvalue weighted by Gasteiger charge is 2.68. The van der Waals surface area contributed by atoms with Crippen molar-refractivity contribution < 1.29 is 5.11 Å². The summed E-state index contributed by atoms with van der Waals surface area (Å²) >= 11 is 0. The molecule has 0 radical (unpaired) electrons. The molecule has 0 saturated heterocycles. The summed E-state index contributed by atoms with van der Waals surface area (Å²) in [5, 5.41) is 15.3. The summed E-state index contributed by atoms with van der Waals surface area (Å²) in [6.45, 7) is 6.75. The number of nitrogens with zero attached hydrogens (tertiary/aromatic N) is 2. The third kappa shape index (κ3) is 1.19. The number of hydrogen-bond donors (Lipinski definition) is 1. The van der Waals surface area contributed by atoms with Crippen LogP contribution >= 0.6 is 0 Å². The monoisotopic (exact) mass is 226 g/mol. The van der Waals surface area contributed by atoms with Crippen LogP contribution in [0.3, 0.4) is 0 Å². The number of fused-ring (bicyclic) bond motifs is 2. The van der Waals surface area contributed by atoms with Crippen molar-refractivity contribution >= 4 is 0 Å². The molecule has 0 aromatic heterocycles. The molecule has 0 spiro atoms. The zero-order chi connectivity index (χ0) is 12.2. The summed E-state index contributed by atoms with van der Waals surface area (Å²) in [6.07, 6.45) is 3.33. The first-order chi connectivity index (χ1) is 7.27. The van der Waals surface area contributed by atoms with Gasteiger partial charge in [0, 0.05) is 7.05 Å². The van der Waals surface area contributed by atoms with Crippen LogP contribution in [0.5, 0.6) is 0 Å². The third-order valence-electron chi connectivity index (χ3n) is 5.42. The molecule has 1 N–H and O–H groups in total. The molecular formula is C12H22N2O2. The van der Waals surface area contributed by atoms with Crippen molar-refractivity contribution in [3.63, 3.8) is 0 Å². The highest BCUT2D eigenvalue weighted by Crippen LogP contribution is 2.68. The molecule has 0 aliphatic heterocycles. The van der Waals surface area contributed by atoms with E-state index in [0.717, 1.165) is 12.8 Å². The minimum atomic E-state index is -0.800. The maximum absolute atomic E-state index is 11.0. The molecule has 2 saturated carbocycles. The molecule has 0 heterocycles. The molecule has 2 bridgehead atoms. The van der Waals surface area contributed by atoms with Gasteiger partial charge in [0.05, 0.1) is 17.4 Å². The molecular weight excluding hydrogens is 204 g/mol. The van der Waals surface area contributed by atoms with Crippen molar-refractivity contribution in [2.24, 2.45) is 22.0 Å². The highest BCUT2D eigenvalue weighted by molar-refractivity contribution is 5.18. The Morgan fingerprint density at radius 1 is 1.44 bits per heavy atom. The fourth-order valence-electron chi connectivity index (χ4n) is 4.10. The molecule has 0 amide bonds. The van der Waals surface area contributed by atoms with Gasteiger partial charge in [0.25, 0.3) is 0 Å². The first kappa shape index (κ1) is 11.8. The molecule has 3 atom stereocenters. The molecule has 2 aliphatic carbocycles. The lowest BCUT2D eigenvalue weighted by molar-refractivity contribution is -0.154. The molecule has 4 heteroatoms. The third-order valence-corrected chi connectivity index (χ3v) is 5.42. The summed E-state index contributed by atoms with van der Waals surface area (Å²) < 4.78 is 0. The predicted molar refractivity (Wildman–Crippen MR) is 62.6 cm³/mol. The van der Waals surface area contributed by atoms with Gasteiger partial charge in [-0.25, -0.2) is 0 Å². The van der Waals surface area contributed by atoms with E-state index in [0.29, 0.717) is 12.5 Å². The molecule has 92 valence electrons. The van der Waals surface area contributed by atoms with Gasteiger partial charge in [-0.15, -0.1) is 4.91 Å². The first-order valence-corrected chi connectivity index (χ1v) is 6.04. The number of rotatable bonds is 3. The molecule has 2 aliphatic rings. The van der Waals surface area contributed by atoms with Crippen LogP contribution in [-0.2, 0) is 0 Å². The molecule has 0 aromatic rings. The van der Waals surface area contributed by atoms with Crippen LogP contribution in [0.25, 0.3) is 0 Å². The lowest BCUT2D eigenvalue weighted by Gasteiger charge is -2.51. The van der Waals surface area contributed by atoms with Gasteiger partial charge in [-0.05, 0) is 36.0 Å². The van der Waals surface area contributed by atoms with Gasteiger partial charge in [-0.2, -0.15) is 0 Å². The Labute approximate surface area is 97.0 Å². The second-order valence-electron chi connectivity index (χ2n) is 6.48. The molecule has 2 fully saturated rings. The highest BCUT2D eigenvalue weighted by atomic mass is 16.3. The number of aliphatic hydroxyl groups is 1. The van der Waals surface area contributed by atoms with Gasteiger partial charge in [0.2, 0.25) is 0 Å². The van der Waals surface area contributed by atoms with Crippen LogP contribution in [0.1, 0.15) is 40.0 Å². The van der Waals surface area contributed by atoms with Crippen LogP contribution in [0.2, 0.25) is 0 Å². The van der Waals surface area contributed by atoms with Gasteiger partial charge < -0.3 is 5.11 Å². The van der Waals surface area contributed by atoms with Crippen molar-refractivity contribution in [3.05, 3.63) is 4.91 Å². The van der Waals surface area contributed by atoms with Crippen LogP contribution in [0, 0.1) is 21.7 Å². The van der Waals surface area contributed by atoms with E-state index in [2.05, 4.69) is 26.1 Å². The summed E-state index contributed by atoms with van der Waals surface area (Å²) in [6, 6.07) is 0. The van der Waals surface area contributed by atoms with Crippen molar-refractivity contribution in [1.29, 1.82) is 0 Å². The summed E-state index contributed by atoms with van der Waals surface area (Å²) in [4.78, 5) is 10.5. The first-order valence-electron chi connectivity index (χ1n) is 6.04. The Hall–Kier alpha value is -0.640. The van der Waals surface area contributed by atoms with E-state index in [1.54, 1.807) is 7.05 Å². The smallest absolute Gasteiger partial charge is 0.0945 e. The standard InChI is InChI=1S/C12H22N2O2/c1-10(2)9-5-6-11(3,7-9)12(10,15)8-14(4)13-16/h9,15H,5-8H2,1-4H3. The second kappa shape index (κ2) is 3.19. The van der Waals surface area contributed by atoms with Crippen LogP contribution in [0.15, 0.2) is 5.29 Å². The number of hydrogen-bond acceptors (Lipinski definition) is 3. The minimum absolute atomic E-state index is 0.0554. The normalized spacial score (nSPS) is 44.7. The maximum Gasteiger partial charge on any atom is 0.0945 e. The number of nitroso groups, excluding NO2 is 1. The van der Waals surface area contributed by atoms with E-state index in [-0.39, 0.29) is 10.8 Å². The van der Waals surface area contributed by atoms with Crippen molar-refractivity contribution in [2.45, 2.75) is 45.6 Å². The topological polar surface area (TPSA) is 52.9 Å². The van der Waals surface area contributed by atoms with E-state index in [4.69, 9.17) is 0 Å². The quantitative estimate of drug-likeness (QED) is 0.592. The Bertz CT molecular complexity index is 311. The van der Waals surface area contributed by atoms with Gasteiger partial charge in [-0.3, -0.25) is 5.01 Å². The summed E-state index contributed by atoms with van der Waals surface area (Å²) in [7, 11) is 1.64. The minimum Gasteiger partial charge on any atom is -0.387 e. The Balaban J connectivity index is 2.34. The van der Waals surface area contributed by atoms with Crippen molar-refractivity contribution in [2.75, 3.05) is 13.6 Å². The van der Waals surface area contributed by atoms with Crippen molar-refractivity contribution in [3.8, 4) is 0 Å². The fraction of sp³-hybridized carbons (Fsp3) is 1.00. The largest absolute Gasteiger partial charge is 0.387 e. The van der Waals surface area contributed by atoms with Crippen LogP contribution in [0.4, 0.5) is 0 Å². The van der Waals surface area contributed by atoms with Gasteiger partial charge in [-0.1, -0.05) is 20.8 Å². The Morgan fingerprint density at radius 3 is 2.50 bits per heavy atom. The molecule has 2 rings (SSSR count). The van der Waals surface area contributed by atoms with Crippen molar-refractivity contribution in [1.82, 2.24) is 5.01 Å². The van der Waals surface area contributed by atoms with E-state index in [9.17, 15) is 10.0 Å². The molecule has 16 heavy (non-hydrogen) atoms. The lowest BCUT2D eigenvalue weighted by Crippen LogP contribution is -2.59. The average Bonchev–Trinajstić information content (AvgIpc) is 2.66. The van der Waals surface area contributed by atoms with E-state index < -0.39 is 5.60 Å². The van der Waals surface area contributed by atoms with Crippen LogP contribution in [-0.4, -0.2) is 29.3 Å². The lowest BCUT2D eigenvalue weighted by atomic mass is 9.60. The summed E-state index contributed by atoms with van der Waals surface area (Å²) in [5.74, 6) is 0.572. The molecule has 0 aromatic carbocycles. The van der Waals surface area contributed by atoms with Gasteiger partial charge >= 0.3 is 0 Å². The SMILES string of the molecule is CN(CC1(O)C2(C)CCC(C2)C1(C)C)N=O. The van der Waals surface area contributed by atoms with E-state index in [1.165, 1.54) is 11.4 Å². The Morgan fingerprint density at radius 2 is 2.06 bits per heavy atom. The Kier molecular flexibility index (Phi) is 2.36. The van der Waals surface area contributed by atoms with Gasteiger partial charge in [0.1, 0.15) is 0 Å². The average molecular weight is 226 g/mol. The summed E-state index contributed by atoms with van der Waals surface area (Å²) in [5.41, 5.74) is -0.982. The predicted octanol–water partition coefficient (Wildman–Crippen LogP) is 2.18. The zero-order valence-electron chi connectivity index (χ0n) is 10.7.